The van der Waals surface area contributed by atoms with Crippen LogP contribution in [-0.2, 0) is 17.8 Å². The van der Waals surface area contributed by atoms with Crippen molar-refractivity contribution < 1.29 is 14.0 Å². The van der Waals surface area contributed by atoms with Crippen LogP contribution in [0.5, 0.6) is 0 Å². The number of carbonyl (C=O) groups excluding carboxylic acids is 2. The van der Waals surface area contributed by atoms with Crippen LogP contribution in [0.2, 0.25) is 0 Å². The minimum atomic E-state index is -0.280. The smallest absolute Gasteiger partial charge is 0.247 e. The zero-order valence-corrected chi connectivity index (χ0v) is 14.5. The Hall–Kier alpha value is -2.95. The fourth-order valence-corrected chi connectivity index (χ4v) is 3.82. The summed E-state index contributed by atoms with van der Waals surface area (Å²) in [6.45, 7) is 2.14. The van der Waals surface area contributed by atoms with E-state index in [0.29, 0.717) is 5.56 Å². The second kappa shape index (κ2) is 6.41. The molecule has 1 amide bonds. The number of fused-ring (bicyclic) bond motifs is 2. The lowest BCUT2D eigenvalue weighted by molar-refractivity contribution is -0.119. The fourth-order valence-electron chi connectivity index (χ4n) is 3.82. The number of amides is 1. The predicted octanol–water partition coefficient (Wildman–Crippen LogP) is 3.96. The maximum absolute atomic E-state index is 13.5. The minimum Gasteiger partial charge on any atom is -0.337 e. The number of aldehydes is 1. The number of nitrogens with zero attached hydrogens (tertiary/aromatic N) is 2. The Labute approximate surface area is 150 Å². The van der Waals surface area contributed by atoms with Crippen molar-refractivity contribution in [2.24, 2.45) is 0 Å². The molecule has 5 heteroatoms. The molecule has 0 spiro atoms. The molecule has 3 aromatic rings. The molecule has 132 valence electrons. The Morgan fingerprint density at radius 2 is 2.08 bits per heavy atom. The first-order valence-electron chi connectivity index (χ1n) is 8.72. The molecule has 4 rings (SSSR count). The topological polar surface area (TPSA) is 42.3 Å². The summed E-state index contributed by atoms with van der Waals surface area (Å²) in [6, 6.07) is 12.2. The van der Waals surface area contributed by atoms with Crippen molar-refractivity contribution in [1.82, 2.24) is 4.57 Å². The van der Waals surface area contributed by atoms with Gasteiger partial charge < -0.3 is 9.47 Å². The van der Waals surface area contributed by atoms with Crippen LogP contribution in [0.4, 0.5) is 10.1 Å². The largest absolute Gasteiger partial charge is 0.337 e. The lowest BCUT2D eigenvalue weighted by Crippen LogP contribution is -2.43. The van der Waals surface area contributed by atoms with Crippen LogP contribution in [0.3, 0.4) is 0 Å². The molecule has 0 saturated heterocycles. The Morgan fingerprint density at radius 1 is 1.27 bits per heavy atom. The number of rotatable bonds is 3. The third-order valence-corrected chi connectivity index (χ3v) is 5.09. The maximum atomic E-state index is 13.5. The Kier molecular flexibility index (Phi) is 4.07. The normalized spacial score (nSPS) is 16.5. The molecule has 1 unspecified atom stereocenters. The van der Waals surface area contributed by atoms with Crippen LogP contribution in [0, 0.1) is 5.82 Å². The van der Waals surface area contributed by atoms with Gasteiger partial charge in [0, 0.05) is 34.4 Å². The first-order chi connectivity index (χ1) is 12.6. The number of aromatic nitrogens is 1. The van der Waals surface area contributed by atoms with E-state index < -0.39 is 0 Å². The van der Waals surface area contributed by atoms with Crippen molar-refractivity contribution >= 4 is 28.8 Å². The lowest BCUT2D eigenvalue weighted by atomic mass is 9.96. The molecular weight excluding hydrogens is 331 g/mol. The van der Waals surface area contributed by atoms with Crippen molar-refractivity contribution in [1.29, 1.82) is 0 Å². The second-order valence-electron chi connectivity index (χ2n) is 6.77. The SMILES string of the molecule is CC1CCc2cc(F)ccc2N1C(=O)Cn1cc(C=O)c2ccccc21. The number of anilines is 1. The van der Waals surface area contributed by atoms with Crippen LogP contribution in [0.25, 0.3) is 10.9 Å². The van der Waals surface area contributed by atoms with Gasteiger partial charge in [-0.2, -0.15) is 0 Å². The summed E-state index contributed by atoms with van der Waals surface area (Å²) in [4.78, 5) is 26.2. The van der Waals surface area contributed by atoms with E-state index >= 15 is 0 Å². The van der Waals surface area contributed by atoms with Gasteiger partial charge in [-0.05, 0) is 49.6 Å². The summed E-state index contributed by atoms with van der Waals surface area (Å²) in [6.07, 6.45) is 4.09. The summed E-state index contributed by atoms with van der Waals surface area (Å²) < 4.78 is 15.4. The van der Waals surface area contributed by atoms with Gasteiger partial charge in [0.15, 0.2) is 6.29 Å². The highest BCUT2D eigenvalue weighted by molar-refractivity contribution is 6.00. The van der Waals surface area contributed by atoms with Gasteiger partial charge in [0.25, 0.3) is 0 Å². The van der Waals surface area contributed by atoms with Crippen LogP contribution in [0.15, 0.2) is 48.7 Å². The quantitative estimate of drug-likeness (QED) is 0.671. The highest BCUT2D eigenvalue weighted by Crippen LogP contribution is 2.32. The molecule has 1 aromatic heterocycles. The Morgan fingerprint density at radius 3 is 2.88 bits per heavy atom. The zero-order valence-electron chi connectivity index (χ0n) is 14.5. The van der Waals surface area contributed by atoms with Gasteiger partial charge in [0.2, 0.25) is 5.91 Å². The molecule has 0 radical (unpaired) electrons. The van der Waals surface area contributed by atoms with Crippen LogP contribution in [0.1, 0.15) is 29.3 Å². The molecule has 0 bridgehead atoms. The van der Waals surface area contributed by atoms with Crippen LogP contribution >= 0.6 is 0 Å². The lowest BCUT2D eigenvalue weighted by Gasteiger charge is -2.35. The summed E-state index contributed by atoms with van der Waals surface area (Å²) in [5, 5.41) is 0.837. The monoisotopic (exact) mass is 350 g/mol. The molecule has 2 heterocycles. The van der Waals surface area contributed by atoms with E-state index in [1.165, 1.54) is 12.1 Å². The molecule has 1 aliphatic heterocycles. The highest BCUT2D eigenvalue weighted by Gasteiger charge is 2.28. The average Bonchev–Trinajstić information content (AvgIpc) is 2.99. The van der Waals surface area contributed by atoms with Crippen LogP contribution in [-0.4, -0.2) is 22.8 Å². The number of carbonyl (C=O) groups is 2. The average molecular weight is 350 g/mol. The molecule has 0 aliphatic carbocycles. The van der Waals surface area contributed by atoms with Gasteiger partial charge in [-0.15, -0.1) is 0 Å². The van der Waals surface area contributed by atoms with Gasteiger partial charge in [0.05, 0.1) is 0 Å². The van der Waals surface area contributed by atoms with E-state index in [1.54, 1.807) is 17.2 Å². The summed E-state index contributed by atoms with van der Waals surface area (Å²) in [7, 11) is 0. The van der Waals surface area contributed by atoms with Crippen molar-refractivity contribution in [3.05, 3.63) is 65.6 Å². The van der Waals surface area contributed by atoms with Gasteiger partial charge in [-0.3, -0.25) is 9.59 Å². The van der Waals surface area contributed by atoms with E-state index in [0.717, 1.165) is 41.3 Å². The zero-order chi connectivity index (χ0) is 18.3. The summed E-state index contributed by atoms with van der Waals surface area (Å²) in [5.74, 6) is -0.346. The summed E-state index contributed by atoms with van der Waals surface area (Å²) >= 11 is 0. The van der Waals surface area contributed by atoms with E-state index in [2.05, 4.69) is 0 Å². The fraction of sp³-hybridized carbons (Fsp3) is 0.238. The van der Waals surface area contributed by atoms with Crippen molar-refractivity contribution in [3.63, 3.8) is 0 Å². The number of hydrogen-bond acceptors (Lipinski definition) is 2. The van der Waals surface area contributed by atoms with Crippen molar-refractivity contribution in [2.75, 3.05) is 4.90 Å². The molecule has 1 aliphatic rings. The third kappa shape index (κ3) is 2.69. The Balaban J connectivity index is 1.70. The van der Waals surface area contributed by atoms with Gasteiger partial charge in [-0.25, -0.2) is 4.39 Å². The number of para-hydroxylation sites is 1. The number of benzene rings is 2. The van der Waals surface area contributed by atoms with E-state index in [9.17, 15) is 14.0 Å². The predicted molar refractivity (Wildman–Crippen MR) is 99.0 cm³/mol. The van der Waals surface area contributed by atoms with Gasteiger partial charge in [0.1, 0.15) is 12.4 Å². The highest BCUT2D eigenvalue weighted by atomic mass is 19.1. The molecule has 1 atom stereocenters. The van der Waals surface area contributed by atoms with Crippen LogP contribution < -0.4 is 4.90 Å². The first kappa shape index (κ1) is 16.5. The molecule has 26 heavy (non-hydrogen) atoms. The van der Waals surface area contributed by atoms with E-state index in [-0.39, 0.29) is 24.3 Å². The number of halogens is 1. The third-order valence-electron chi connectivity index (χ3n) is 5.09. The maximum Gasteiger partial charge on any atom is 0.247 e. The molecule has 2 aromatic carbocycles. The Bertz CT molecular complexity index is 1010. The number of hydrogen-bond donors (Lipinski definition) is 0. The molecule has 0 fully saturated rings. The molecule has 0 saturated carbocycles. The summed E-state index contributed by atoms with van der Waals surface area (Å²) in [5.41, 5.74) is 3.07. The number of aryl methyl sites for hydroxylation is 1. The second-order valence-corrected chi connectivity index (χ2v) is 6.77. The minimum absolute atomic E-state index is 0.0489. The van der Waals surface area contributed by atoms with E-state index in [4.69, 9.17) is 0 Å². The standard InChI is InChI=1S/C21H19FN2O2/c1-14-6-7-15-10-17(22)8-9-19(15)24(14)21(26)12-23-11-16(13-25)18-4-2-3-5-20(18)23/h2-5,8-11,13-14H,6-7,12H2,1H3. The van der Waals surface area contributed by atoms with Crippen molar-refractivity contribution in [3.8, 4) is 0 Å². The van der Waals surface area contributed by atoms with Crippen molar-refractivity contribution in [2.45, 2.75) is 32.4 Å². The van der Waals surface area contributed by atoms with E-state index in [1.807, 2.05) is 35.8 Å². The first-order valence-corrected chi connectivity index (χ1v) is 8.72. The van der Waals surface area contributed by atoms with Gasteiger partial charge in [-0.1, -0.05) is 18.2 Å². The van der Waals surface area contributed by atoms with Gasteiger partial charge >= 0.3 is 0 Å². The molecular formula is C21H19FN2O2. The molecule has 0 N–H and O–H groups in total. The molecule has 4 nitrogen and oxygen atoms in total.